The molecule has 0 bridgehead atoms. The minimum Gasteiger partial charge on any atom is -0.398 e. The number of benzene rings is 1. The van der Waals surface area contributed by atoms with Crippen molar-refractivity contribution in [2.45, 2.75) is 44.7 Å². The summed E-state index contributed by atoms with van der Waals surface area (Å²) in [5, 5.41) is 0. The van der Waals surface area contributed by atoms with Crippen LogP contribution in [0.2, 0.25) is 0 Å². The molecule has 0 heterocycles. The summed E-state index contributed by atoms with van der Waals surface area (Å²) in [7, 11) is 0. The number of fused-ring (bicyclic) bond motifs is 2. The van der Waals surface area contributed by atoms with Crippen LogP contribution in [-0.4, -0.2) is 6.17 Å². The monoisotopic (exact) mass is 205 g/mol. The average molecular weight is 205 g/mol. The van der Waals surface area contributed by atoms with Gasteiger partial charge in [-0.2, -0.15) is 0 Å². The van der Waals surface area contributed by atoms with Crippen LogP contribution < -0.4 is 5.73 Å². The van der Waals surface area contributed by atoms with E-state index < -0.39 is 6.17 Å². The standard InChI is InChI=1S/C13H16FN/c1-7-2-3-8-4-9-5-10(14)6-11(9)13(15)12(7)8/h4,7,10H,2-3,5-6,15H2,1H3. The van der Waals surface area contributed by atoms with Crippen molar-refractivity contribution < 1.29 is 4.39 Å². The van der Waals surface area contributed by atoms with Crippen molar-refractivity contribution in [2.24, 2.45) is 0 Å². The van der Waals surface area contributed by atoms with Gasteiger partial charge < -0.3 is 5.73 Å². The molecular formula is C13H16FN. The summed E-state index contributed by atoms with van der Waals surface area (Å²) in [6, 6.07) is 2.20. The molecule has 0 saturated carbocycles. The van der Waals surface area contributed by atoms with Gasteiger partial charge in [-0.05, 0) is 41.0 Å². The smallest absolute Gasteiger partial charge is 0.108 e. The van der Waals surface area contributed by atoms with Gasteiger partial charge in [0.2, 0.25) is 0 Å². The topological polar surface area (TPSA) is 26.0 Å². The lowest BCUT2D eigenvalue weighted by Gasteiger charge is -2.13. The normalized spacial score (nSPS) is 27.9. The Morgan fingerprint density at radius 2 is 2.13 bits per heavy atom. The molecule has 0 fully saturated rings. The Hall–Kier alpha value is -1.05. The largest absolute Gasteiger partial charge is 0.398 e. The number of anilines is 1. The summed E-state index contributed by atoms with van der Waals surface area (Å²) in [4.78, 5) is 0. The molecular weight excluding hydrogens is 189 g/mol. The highest BCUT2D eigenvalue weighted by molar-refractivity contribution is 5.64. The Labute approximate surface area is 89.5 Å². The van der Waals surface area contributed by atoms with Gasteiger partial charge in [-0.15, -0.1) is 0 Å². The van der Waals surface area contributed by atoms with Gasteiger partial charge >= 0.3 is 0 Å². The molecule has 1 aromatic carbocycles. The summed E-state index contributed by atoms with van der Waals surface area (Å²) in [5.74, 6) is 0.559. The Balaban J connectivity index is 2.19. The van der Waals surface area contributed by atoms with Gasteiger partial charge in [0.05, 0.1) is 0 Å². The van der Waals surface area contributed by atoms with Crippen molar-refractivity contribution in [3.8, 4) is 0 Å². The van der Waals surface area contributed by atoms with Crippen LogP contribution >= 0.6 is 0 Å². The fourth-order valence-electron chi connectivity index (χ4n) is 3.14. The van der Waals surface area contributed by atoms with E-state index in [4.69, 9.17) is 5.73 Å². The molecule has 2 atom stereocenters. The lowest BCUT2D eigenvalue weighted by atomic mass is 9.95. The molecule has 2 aliphatic rings. The van der Waals surface area contributed by atoms with E-state index in [1.54, 1.807) is 0 Å². The first-order valence-electron chi connectivity index (χ1n) is 5.74. The maximum atomic E-state index is 13.3. The van der Waals surface area contributed by atoms with E-state index in [1.165, 1.54) is 17.5 Å². The highest BCUT2D eigenvalue weighted by Gasteiger charge is 2.29. The maximum absolute atomic E-state index is 13.3. The zero-order valence-corrected chi connectivity index (χ0v) is 9.02. The van der Waals surface area contributed by atoms with Gasteiger partial charge in [-0.3, -0.25) is 0 Å². The number of aryl methyl sites for hydroxylation is 1. The van der Waals surface area contributed by atoms with Crippen molar-refractivity contribution >= 4 is 5.69 Å². The Morgan fingerprint density at radius 1 is 1.33 bits per heavy atom. The van der Waals surface area contributed by atoms with Gasteiger partial charge in [0.25, 0.3) is 0 Å². The summed E-state index contributed by atoms with van der Waals surface area (Å²) in [6.45, 7) is 2.22. The lowest BCUT2D eigenvalue weighted by molar-refractivity contribution is 0.349. The molecule has 2 N–H and O–H groups in total. The summed E-state index contributed by atoms with van der Waals surface area (Å²) in [5.41, 5.74) is 12.0. The number of hydrogen-bond acceptors (Lipinski definition) is 1. The van der Waals surface area contributed by atoms with E-state index in [1.807, 2.05) is 0 Å². The van der Waals surface area contributed by atoms with E-state index >= 15 is 0 Å². The fourth-order valence-corrected chi connectivity index (χ4v) is 3.14. The second kappa shape index (κ2) is 2.97. The summed E-state index contributed by atoms with van der Waals surface area (Å²) in [6.07, 6.45) is 2.70. The first kappa shape index (κ1) is 9.20. The zero-order chi connectivity index (χ0) is 10.6. The highest BCUT2D eigenvalue weighted by atomic mass is 19.1. The molecule has 0 aromatic heterocycles. The third-order valence-corrected chi connectivity index (χ3v) is 3.90. The van der Waals surface area contributed by atoms with Crippen LogP contribution in [0.25, 0.3) is 0 Å². The third-order valence-electron chi connectivity index (χ3n) is 3.90. The molecule has 0 aliphatic heterocycles. The molecule has 0 spiro atoms. The number of nitrogens with two attached hydrogens (primary N) is 1. The average Bonchev–Trinajstić information content (AvgIpc) is 2.71. The molecule has 2 heteroatoms. The van der Waals surface area contributed by atoms with Crippen LogP contribution in [0.5, 0.6) is 0 Å². The molecule has 1 aromatic rings. The highest BCUT2D eigenvalue weighted by Crippen LogP contribution is 2.42. The number of nitrogen functional groups attached to an aromatic ring is 1. The second-order valence-electron chi connectivity index (χ2n) is 4.95. The predicted octanol–water partition coefficient (Wildman–Crippen LogP) is 2.76. The van der Waals surface area contributed by atoms with Crippen LogP contribution in [0.4, 0.5) is 10.1 Å². The second-order valence-corrected chi connectivity index (χ2v) is 4.95. The van der Waals surface area contributed by atoms with Crippen molar-refractivity contribution in [3.63, 3.8) is 0 Å². The van der Waals surface area contributed by atoms with E-state index in [9.17, 15) is 4.39 Å². The predicted molar refractivity (Wildman–Crippen MR) is 59.9 cm³/mol. The quantitative estimate of drug-likeness (QED) is 0.647. The van der Waals surface area contributed by atoms with Crippen LogP contribution in [0.3, 0.4) is 0 Å². The molecule has 0 radical (unpaired) electrons. The Kier molecular flexibility index (Phi) is 1.82. The van der Waals surface area contributed by atoms with Gasteiger partial charge in [0.1, 0.15) is 6.17 Å². The van der Waals surface area contributed by atoms with Gasteiger partial charge in [-0.25, -0.2) is 4.39 Å². The van der Waals surface area contributed by atoms with Crippen molar-refractivity contribution in [1.29, 1.82) is 0 Å². The lowest BCUT2D eigenvalue weighted by Crippen LogP contribution is -2.02. The number of alkyl halides is 1. The fraction of sp³-hybridized carbons (Fsp3) is 0.538. The van der Waals surface area contributed by atoms with Crippen molar-refractivity contribution in [3.05, 3.63) is 28.3 Å². The van der Waals surface area contributed by atoms with E-state index in [0.717, 1.165) is 23.2 Å². The van der Waals surface area contributed by atoms with Crippen LogP contribution in [-0.2, 0) is 19.3 Å². The molecule has 80 valence electrons. The van der Waals surface area contributed by atoms with Crippen LogP contribution in [0.15, 0.2) is 6.07 Å². The molecule has 2 aliphatic carbocycles. The van der Waals surface area contributed by atoms with E-state index in [0.29, 0.717) is 18.8 Å². The minimum atomic E-state index is -0.708. The van der Waals surface area contributed by atoms with E-state index in [2.05, 4.69) is 13.0 Å². The van der Waals surface area contributed by atoms with E-state index in [-0.39, 0.29) is 0 Å². The van der Waals surface area contributed by atoms with Gasteiger partial charge in [0, 0.05) is 18.5 Å². The first-order valence-corrected chi connectivity index (χ1v) is 5.74. The zero-order valence-electron chi connectivity index (χ0n) is 9.02. The molecule has 0 saturated heterocycles. The third kappa shape index (κ3) is 1.20. The number of rotatable bonds is 0. The summed E-state index contributed by atoms with van der Waals surface area (Å²) >= 11 is 0. The molecule has 2 unspecified atom stereocenters. The van der Waals surface area contributed by atoms with Gasteiger partial charge in [0.15, 0.2) is 0 Å². The molecule has 1 nitrogen and oxygen atoms in total. The summed E-state index contributed by atoms with van der Waals surface area (Å²) < 4.78 is 13.3. The van der Waals surface area contributed by atoms with Crippen molar-refractivity contribution in [2.75, 3.05) is 5.73 Å². The number of hydrogen-bond donors (Lipinski definition) is 1. The SMILES string of the molecule is CC1CCc2cc3c(c(N)c21)CC(F)C3. The maximum Gasteiger partial charge on any atom is 0.108 e. The Morgan fingerprint density at radius 3 is 2.93 bits per heavy atom. The van der Waals surface area contributed by atoms with Crippen LogP contribution in [0.1, 0.15) is 41.5 Å². The molecule has 3 rings (SSSR count). The number of halogens is 1. The first-order chi connectivity index (χ1) is 7.16. The molecule has 0 amide bonds. The minimum absolute atomic E-state index is 0.529. The van der Waals surface area contributed by atoms with Crippen LogP contribution in [0, 0.1) is 0 Å². The van der Waals surface area contributed by atoms with Crippen molar-refractivity contribution in [1.82, 2.24) is 0 Å². The van der Waals surface area contributed by atoms with Gasteiger partial charge in [-0.1, -0.05) is 13.0 Å². The Bertz CT molecular complexity index is 425. The molecule has 15 heavy (non-hydrogen) atoms.